The van der Waals surface area contributed by atoms with E-state index in [2.05, 4.69) is 5.32 Å². The van der Waals surface area contributed by atoms with E-state index in [1.165, 1.54) is 0 Å². The van der Waals surface area contributed by atoms with Crippen molar-refractivity contribution in [2.75, 3.05) is 13.6 Å². The number of aldehydes is 1. The van der Waals surface area contributed by atoms with Gasteiger partial charge in [0, 0.05) is 11.5 Å². The van der Waals surface area contributed by atoms with Crippen molar-refractivity contribution in [3.05, 3.63) is 0 Å². The van der Waals surface area contributed by atoms with Crippen molar-refractivity contribution in [2.45, 2.75) is 25.3 Å². The first-order valence-electron chi connectivity index (χ1n) is 4.51. The van der Waals surface area contributed by atoms with Crippen LogP contribution in [0.3, 0.4) is 0 Å². The second kappa shape index (κ2) is 3.54. The summed E-state index contributed by atoms with van der Waals surface area (Å²) in [6.07, 6.45) is 3.04. The smallest absolute Gasteiger partial charge is 0.124 e. The first-order chi connectivity index (χ1) is 5.62. The Morgan fingerprint density at radius 2 is 2.42 bits per heavy atom. The third-order valence-electron chi connectivity index (χ3n) is 3.12. The topological polar surface area (TPSA) is 55.1 Å². The van der Waals surface area contributed by atoms with Crippen LogP contribution in [0.4, 0.5) is 0 Å². The van der Waals surface area contributed by atoms with Gasteiger partial charge in [0.15, 0.2) is 0 Å². The van der Waals surface area contributed by atoms with Crippen LogP contribution in [-0.4, -0.2) is 25.4 Å². The highest BCUT2D eigenvalue weighted by atomic mass is 16.1. The maximum Gasteiger partial charge on any atom is 0.124 e. The lowest BCUT2D eigenvalue weighted by Crippen LogP contribution is -2.61. The Labute approximate surface area is 73.7 Å². The van der Waals surface area contributed by atoms with E-state index < -0.39 is 0 Å². The molecule has 1 rings (SSSR count). The molecule has 0 radical (unpaired) electrons. The summed E-state index contributed by atoms with van der Waals surface area (Å²) in [7, 11) is 1.93. The summed E-state index contributed by atoms with van der Waals surface area (Å²) in [5.41, 5.74) is 5.75. The molecule has 0 heterocycles. The highest BCUT2D eigenvalue weighted by molar-refractivity contribution is 5.58. The molecule has 0 spiro atoms. The van der Waals surface area contributed by atoms with Crippen LogP contribution < -0.4 is 11.1 Å². The van der Waals surface area contributed by atoms with E-state index in [9.17, 15) is 4.79 Å². The van der Waals surface area contributed by atoms with E-state index in [-0.39, 0.29) is 11.5 Å². The number of carbonyl (C=O) groups is 1. The van der Waals surface area contributed by atoms with Gasteiger partial charge < -0.3 is 15.8 Å². The normalized spacial score (nSPS) is 40.6. The van der Waals surface area contributed by atoms with Crippen LogP contribution in [0.1, 0.15) is 19.8 Å². The summed E-state index contributed by atoms with van der Waals surface area (Å²) in [4.78, 5) is 10.5. The fourth-order valence-corrected chi connectivity index (χ4v) is 1.91. The summed E-state index contributed by atoms with van der Waals surface area (Å²) in [5, 5.41) is 3.09. The van der Waals surface area contributed by atoms with Gasteiger partial charge in [-0.25, -0.2) is 0 Å². The monoisotopic (exact) mass is 170 g/mol. The minimum Gasteiger partial charge on any atom is -0.324 e. The van der Waals surface area contributed by atoms with Crippen molar-refractivity contribution < 1.29 is 4.79 Å². The Hall–Kier alpha value is -0.410. The van der Waals surface area contributed by atoms with Crippen LogP contribution in [0.2, 0.25) is 0 Å². The Balaban J connectivity index is 2.36. The zero-order chi connectivity index (χ0) is 9.19. The van der Waals surface area contributed by atoms with Gasteiger partial charge in [-0.3, -0.25) is 0 Å². The molecule has 0 amide bonds. The summed E-state index contributed by atoms with van der Waals surface area (Å²) in [6, 6.07) is 0. The predicted octanol–water partition coefficient (Wildman–Crippen LogP) is 0.148. The molecule has 3 nitrogen and oxygen atoms in total. The van der Waals surface area contributed by atoms with Crippen molar-refractivity contribution >= 4 is 6.29 Å². The van der Waals surface area contributed by atoms with Gasteiger partial charge >= 0.3 is 0 Å². The second-order valence-corrected chi connectivity index (χ2v) is 3.93. The number of rotatable bonds is 4. The number of hydrogen-bond donors (Lipinski definition) is 2. The van der Waals surface area contributed by atoms with Gasteiger partial charge in [0.2, 0.25) is 0 Å². The molecule has 0 saturated heterocycles. The van der Waals surface area contributed by atoms with Crippen molar-refractivity contribution in [3.63, 3.8) is 0 Å². The first kappa shape index (κ1) is 9.68. The molecular weight excluding hydrogens is 152 g/mol. The zero-order valence-electron chi connectivity index (χ0n) is 7.84. The molecule has 3 atom stereocenters. The minimum atomic E-state index is -0.251. The standard InChI is InChI=1S/C9H18N2O/c1-9(10)7(3-4-11-2)5-8(9)6-12/h6-8,11H,3-5,10H2,1-2H3. The molecule has 0 aromatic heterocycles. The Kier molecular flexibility index (Phi) is 2.85. The summed E-state index contributed by atoms with van der Waals surface area (Å²) in [6.45, 7) is 2.97. The SMILES string of the molecule is CNCCC1CC(C=O)C1(C)N. The highest BCUT2D eigenvalue weighted by Gasteiger charge is 2.47. The van der Waals surface area contributed by atoms with Gasteiger partial charge in [0.05, 0.1) is 0 Å². The molecular formula is C9H18N2O. The molecule has 3 N–H and O–H groups in total. The molecule has 12 heavy (non-hydrogen) atoms. The van der Waals surface area contributed by atoms with Crippen LogP contribution in [0, 0.1) is 11.8 Å². The second-order valence-electron chi connectivity index (χ2n) is 3.93. The lowest BCUT2D eigenvalue weighted by Gasteiger charge is -2.49. The number of carbonyl (C=O) groups excluding carboxylic acids is 1. The largest absolute Gasteiger partial charge is 0.324 e. The summed E-state index contributed by atoms with van der Waals surface area (Å²) in [5.74, 6) is 0.597. The van der Waals surface area contributed by atoms with Gasteiger partial charge in [-0.2, -0.15) is 0 Å². The van der Waals surface area contributed by atoms with E-state index in [0.717, 1.165) is 25.7 Å². The molecule has 0 aromatic rings. The van der Waals surface area contributed by atoms with Gasteiger partial charge in [-0.1, -0.05) is 0 Å². The van der Waals surface area contributed by atoms with Gasteiger partial charge in [0.25, 0.3) is 0 Å². The Morgan fingerprint density at radius 3 is 2.83 bits per heavy atom. The average Bonchev–Trinajstić information content (AvgIpc) is 2.03. The van der Waals surface area contributed by atoms with Crippen LogP contribution in [0.15, 0.2) is 0 Å². The van der Waals surface area contributed by atoms with E-state index in [4.69, 9.17) is 5.73 Å². The van der Waals surface area contributed by atoms with Crippen molar-refractivity contribution in [2.24, 2.45) is 17.6 Å². The van der Waals surface area contributed by atoms with E-state index in [0.29, 0.717) is 5.92 Å². The van der Waals surface area contributed by atoms with Gasteiger partial charge in [-0.15, -0.1) is 0 Å². The summed E-state index contributed by atoms with van der Waals surface area (Å²) >= 11 is 0. The third kappa shape index (κ3) is 1.52. The highest BCUT2D eigenvalue weighted by Crippen LogP contribution is 2.42. The third-order valence-corrected chi connectivity index (χ3v) is 3.12. The molecule has 1 aliphatic carbocycles. The summed E-state index contributed by atoms with van der Waals surface area (Å²) < 4.78 is 0. The fourth-order valence-electron chi connectivity index (χ4n) is 1.91. The van der Waals surface area contributed by atoms with Crippen molar-refractivity contribution in [1.82, 2.24) is 5.32 Å². The van der Waals surface area contributed by atoms with E-state index in [1.54, 1.807) is 0 Å². The van der Waals surface area contributed by atoms with E-state index in [1.807, 2.05) is 14.0 Å². The number of hydrogen-bond acceptors (Lipinski definition) is 3. The molecule has 0 aliphatic heterocycles. The molecule has 0 bridgehead atoms. The Morgan fingerprint density at radius 1 is 1.75 bits per heavy atom. The molecule has 1 saturated carbocycles. The maximum atomic E-state index is 10.5. The molecule has 0 aromatic carbocycles. The molecule has 70 valence electrons. The minimum absolute atomic E-state index is 0.0827. The average molecular weight is 170 g/mol. The van der Waals surface area contributed by atoms with Gasteiger partial charge in [-0.05, 0) is 39.3 Å². The predicted molar refractivity (Wildman–Crippen MR) is 48.8 cm³/mol. The quantitative estimate of drug-likeness (QED) is 0.590. The first-order valence-corrected chi connectivity index (χ1v) is 4.51. The van der Waals surface area contributed by atoms with Crippen LogP contribution in [0.5, 0.6) is 0 Å². The molecule has 3 heteroatoms. The van der Waals surface area contributed by atoms with Crippen LogP contribution in [-0.2, 0) is 4.79 Å². The zero-order valence-corrected chi connectivity index (χ0v) is 7.84. The van der Waals surface area contributed by atoms with Crippen LogP contribution in [0.25, 0.3) is 0 Å². The maximum absolute atomic E-state index is 10.5. The van der Waals surface area contributed by atoms with Gasteiger partial charge in [0.1, 0.15) is 6.29 Å². The van der Waals surface area contributed by atoms with Crippen molar-refractivity contribution in [3.8, 4) is 0 Å². The molecule has 1 fully saturated rings. The number of nitrogens with two attached hydrogens (primary N) is 1. The number of nitrogens with one attached hydrogen (secondary N) is 1. The molecule has 1 aliphatic rings. The lowest BCUT2D eigenvalue weighted by molar-refractivity contribution is -0.119. The fraction of sp³-hybridized carbons (Fsp3) is 0.889. The lowest BCUT2D eigenvalue weighted by atomic mass is 9.59. The van der Waals surface area contributed by atoms with Crippen LogP contribution >= 0.6 is 0 Å². The van der Waals surface area contributed by atoms with E-state index >= 15 is 0 Å². The Bertz CT molecular complexity index is 168. The van der Waals surface area contributed by atoms with Crippen molar-refractivity contribution in [1.29, 1.82) is 0 Å². The molecule has 3 unspecified atom stereocenters.